The molecular formula is C9H14O4. The minimum atomic E-state index is -1.22. The van der Waals surface area contributed by atoms with E-state index >= 15 is 0 Å². The number of allylic oxidation sites excluding steroid dienone is 1. The average Bonchev–Trinajstić information content (AvgIpc) is 2.04. The Balaban J connectivity index is 4.88. The van der Waals surface area contributed by atoms with Crippen molar-refractivity contribution in [2.45, 2.75) is 26.7 Å². The molecule has 0 unspecified atom stereocenters. The van der Waals surface area contributed by atoms with Gasteiger partial charge in [0.25, 0.3) is 0 Å². The van der Waals surface area contributed by atoms with Crippen molar-refractivity contribution in [2.75, 3.05) is 7.11 Å². The van der Waals surface area contributed by atoms with E-state index in [4.69, 9.17) is 5.11 Å². The van der Waals surface area contributed by atoms with Gasteiger partial charge in [-0.3, -0.25) is 0 Å². The maximum Gasteiger partial charge on any atom is 0.345 e. The van der Waals surface area contributed by atoms with Crippen LogP contribution >= 0.6 is 0 Å². The van der Waals surface area contributed by atoms with Crippen molar-refractivity contribution in [3.8, 4) is 0 Å². The highest BCUT2D eigenvalue weighted by atomic mass is 16.5. The lowest BCUT2D eigenvalue weighted by Gasteiger charge is -2.04. The Kier molecular flexibility index (Phi) is 4.80. The first kappa shape index (κ1) is 11.7. The van der Waals surface area contributed by atoms with Crippen LogP contribution in [-0.2, 0) is 14.3 Å². The van der Waals surface area contributed by atoms with Crippen molar-refractivity contribution in [1.29, 1.82) is 0 Å². The summed E-state index contributed by atoms with van der Waals surface area (Å²) in [7, 11) is 1.17. The zero-order valence-electron chi connectivity index (χ0n) is 8.09. The Morgan fingerprint density at radius 2 is 1.92 bits per heavy atom. The first-order valence-electron chi connectivity index (χ1n) is 4.05. The Morgan fingerprint density at radius 3 is 2.23 bits per heavy atom. The molecule has 0 aliphatic carbocycles. The summed E-state index contributed by atoms with van der Waals surface area (Å²) in [6.45, 7) is 3.55. The third kappa shape index (κ3) is 3.27. The van der Waals surface area contributed by atoms with Gasteiger partial charge in [0.05, 0.1) is 7.11 Å². The van der Waals surface area contributed by atoms with Gasteiger partial charge in [0, 0.05) is 0 Å². The van der Waals surface area contributed by atoms with Crippen LogP contribution in [0, 0.1) is 0 Å². The standard InChI is InChI=1S/C9H14O4/c1-4-5-6(2)7(8(10)11)9(12)13-3/h4-5H2,1-3H3,(H,10,11)/b7-6+. The largest absolute Gasteiger partial charge is 0.477 e. The number of carbonyl (C=O) groups excluding carboxylic acids is 1. The summed E-state index contributed by atoms with van der Waals surface area (Å²) in [6, 6.07) is 0. The molecule has 4 heteroatoms. The molecule has 0 saturated heterocycles. The number of carboxylic acid groups (broad SMARTS) is 1. The number of rotatable bonds is 4. The second-order valence-electron chi connectivity index (χ2n) is 2.70. The SMILES string of the molecule is CCC/C(C)=C(\C(=O)O)C(=O)OC. The molecule has 13 heavy (non-hydrogen) atoms. The minimum Gasteiger partial charge on any atom is -0.477 e. The van der Waals surface area contributed by atoms with Gasteiger partial charge < -0.3 is 9.84 Å². The molecule has 74 valence electrons. The average molecular weight is 186 g/mol. The van der Waals surface area contributed by atoms with E-state index in [0.717, 1.165) is 6.42 Å². The van der Waals surface area contributed by atoms with Gasteiger partial charge in [0.2, 0.25) is 0 Å². The summed E-state index contributed by atoms with van der Waals surface area (Å²) in [4.78, 5) is 21.7. The molecule has 0 bridgehead atoms. The predicted molar refractivity (Wildman–Crippen MR) is 47.3 cm³/mol. The highest BCUT2D eigenvalue weighted by Gasteiger charge is 2.20. The lowest BCUT2D eigenvalue weighted by molar-refractivity contribution is -0.142. The zero-order chi connectivity index (χ0) is 10.4. The Morgan fingerprint density at radius 1 is 1.38 bits per heavy atom. The molecule has 0 amide bonds. The third-order valence-electron chi connectivity index (χ3n) is 1.66. The van der Waals surface area contributed by atoms with Crippen LogP contribution in [0.2, 0.25) is 0 Å². The molecule has 0 spiro atoms. The summed E-state index contributed by atoms with van der Waals surface area (Å²) in [5.41, 5.74) is 0.311. The Bertz CT molecular complexity index is 240. The molecule has 0 aromatic carbocycles. The quantitative estimate of drug-likeness (QED) is 0.311. The van der Waals surface area contributed by atoms with Crippen LogP contribution in [0.25, 0.3) is 0 Å². The third-order valence-corrected chi connectivity index (χ3v) is 1.66. The van der Waals surface area contributed by atoms with Crippen molar-refractivity contribution in [2.24, 2.45) is 0 Å². The molecule has 0 rings (SSSR count). The number of hydrogen-bond donors (Lipinski definition) is 1. The van der Waals surface area contributed by atoms with E-state index in [1.54, 1.807) is 6.92 Å². The number of hydrogen-bond acceptors (Lipinski definition) is 3. The van der Waals surface area contributed by atoms with Crippen molar-refractivity contribution in [1.82, 2.24) is 0 Å². The fourth-order valence-corrected chi connectivity index (χ4v) is 1.05. The van der Waals surface area contributed by atoms with E-state index in [9.17, 15) is 9.59 Å². The molecular weight excluding hydrogens is 172 g/mol. The van der Waals surface area contributed by atoms with E-state index in [1.807, 2.05) is 6.92 Å². The second-order valence-corrected chi connectivity index (χ2v) is 2.70. The van der Waals surface area contributed by atoms with E-state index in [-0.39, 0.29) is 5.57 Å². The number of carbonyl (C=O) groups is 2. The van der Waals surface area contributed by atoms with Crippen LogP contribution in [0.4, 0.5) is 0 Å². The molecule has 0 fully saturated rings. The highest BCUT2D eigenvalue weighted by Crippen LogP contribution is 2.12. The molecule has 0 atom stereocenters. The smallest absolute Gasteiger partial charge is 0.345 e. The molecule has 0 aliphatic heterocycles. The molecule has 1 N–H and O–H groups in total. The lowest BCUT2D eigenvalue weighted by atomic mass is 10.1. The molecule has 0 aliphatic rings. The van der Waals surface area contributed by atoms with Gasteiger partial charge >= 0.3 is 11.9 Å². The fraction of sp³-hybridized carbons (Fsp3) is 0.556. The van der Waals surface area contributed by atoms with E-state index in [0.29, 0.717) is 12.0 Å². The maximum atomic E-state index is 11.0. The number of ether oxygens (including phenoxy) is 1. The van der Waals surface area contributed by atoms with Gasteiger partial charge in [-0.05, 0) is 13.3 Å². The van der Waals surface area contributed by atoms with Crippen LogP contribution in [0.3, 0.4) is 0 Å². The first-order valence-corrected chi connectivity index (χ1v) is 4.05. The van der Waals surface area contributed by atoms with Crippen LogP contribution < -0.4 is 0 Å². The van der Waals surface area contributed by atoms with E-state index in [2.05, 4.69) is 4.74 Å². The highest BCUT2D eigenvalue weighted by molar-refractivity contribution is 6.13. The van der Waals surface area contributed by atoms with Gasteiger partial charge in [-0.15, -0.1) is 0 Å². The monoisotopic (exact) mass is 186 g/mol. The molecule has 0 saturated carbocycles. The maximum absolute atomic E-state index is 11.0. The fourth-order valence-electron chi connectivity index (χ4n) is 1.05. The molecule has 0 aromatic heterocycles. The van der Waals surface area contributed by atoms with Gasteiger partial charge in [0.15, 0.2) is 0 Å². The van der Waals surface area contributed by atoms with Gasteiger partial charge in [-0.25, -0.2) is 9.59 Å². The van der Waals surface area contributed by atoms with Crippen molar-refractivity contribution < 1.29 is 19.4 Å². The van der Waals surface area contributed by atoms with Crippen molar-refractivity contribution in [3.05, 3.63) is 11.1 Å². The minimum absolute atomic E-state index is 0.246. The molecule has 0 radical (unpaired) electrons. The van der Waals surface area contributed by atoms with Gasteiger partial charge in [-0.1, -0.05) is 18.9 Å². The van der Waals surface area contributed by atoms with Crippen LogP contribution in [0.5, 0.6) is 0 Å². The normalized spacial score (nSPS) is 11.9. The topological polar surface area (TPSA) is 63.6 Å². The molecule has 0 heterocycles. The Hall–Kier alpha value is -1.32. The van der Waals surface area contributed by atoms with Gasteiger partial charge in [0.1, 0.15) is 5.57 Å². The molecule has 0 aromatic rings. The Labute approximate surface area is 77.2 Å². The number of carboxylic acids is 1. The van der Waals surface area contributed by atoms with Crippen LogP contribution in [0.1, 0.15) is 26.7 Å². The predicted octanol–water partition coefficient (Wildman–Crippen LogP) is 1.36. The number of aliphatic carboxylic acids is 1. The first-order chi connectivity index (χ1) is 6.04. The summed E-state index contributed by atoms with van der Waals surface area (Å²) >= 11 is 0. The van der Waals surface area contributed by atoms with Crippen LogP contribution in [0.15, 0.2) is 11.1 Å². The van der Waals surface area contributed by atoms with E-state index < -0.39 is 11.9 Å². The van der Waals surface area contributed by atoms with Crippen molar-refractivity contribution in [3.63, 3.8) is 0 Å². The second kappa shape index (κ2) is 5.35. The zero-order valence-corrected chi connectivity index (χ0v) is 8.09. The lowest BCUT2D eigenvalue weighted by Crippen LogP contribution is -2.15. The summed E-state index contributed by atoms with van der Waals surface area (Å²) < 4.78 is 4.36. The van der Waals surface area contributed by atoms with Crippen LogP contribution in [-0.4, -0.2) is 24.2 Å². The van der Waals surface area contributed by atoms with Crippen molar-refractivity contribution >= 4 is 11.9 Å². The summed E-state index contributed by atoms with van der Waals surface area (Å²) in [5, 5.41) is 8.71. The van der Waals surface area contributed by atoms with Gasteiger partial charge in [-0.2, -0.15) is 0 Å². The summed E-state index contributed by atoms with van der Waals surface area (Å²) in [5.74, 6) is -2.00. The number of methoxy groups -OCH3 is 1. The number of esters is 1. The molecule has 4 nitrogen and oxygen atoms in total. The summed E-state index contributed by atoms with van der Waals surface area (Å²) in [6.07, 6.45) is 1.40. The van der Waals surface area contributed by atoms with E-state index in [1.165, 1.54) is 7.11 Å².